The highest BCUT2D eigenvalue weighted by Gasteiger charge is 2.26. The average molecular weight is 302 g/mol. The molecule has 3 N–H and O–H groups in total. The summed E-state index contributed by atoms with van der Waals surface area (Å²) in [6, 6.07) is -0.894. The van der Waals surface area contributed by atoms with Crippen molar-refractivity contribution in [2.24, 2.45) is 5.92 Å². The number of rotatable bonds is 5. The number of aromatic nitrogens is 2. The van der Waals surface area contributed by atoms with Crippen LogP contribution < -0.4 is 5.32 Å². The lowest BCUT2D eigenvalue weighted by molar-refractivity contribution is -0.142. The Bertz CT molecular complexity index is 430. The Labute approximate surface area is 123 Å². The number of imidazole rings is 1. The Hall–Kier alpha value is -1.56. The van der Waals surface area contributed by atoms with Crippen LogP contribution in [0.2, 0.25) is 0 Å². The molecule has 0 radical (unpaired) electrons. The van der Waals surface area contributed by atoms with Gasteiger partial charge in [-0.1, -0.05) is 19.3 Å². The number of hydrogen-bond acceptors (Lipinski definition) is 3. The standard InChI is InChI=1S/C13H19N3O3.ClH/c17-12(9-4-2-1-3-5-9)16-11(13(18)19)6-10-7-14-8-15-10;/h7-9,11H,1-6H2,(H,14,15)(H,16,17)(H,18,19);1H. The summed E-state index contributed by atoms with van der Waals surface area (Å²) in [5.74, 6) is -1.18. The predicted octanol–water partition coefficient (Wildman–Crippen LogP) is 1.52. The van der Waals surface area contributed by atoms with E-state index in [0.29, 0.717) is 5.69 Å². The third-order valence-corrected chi connectivity index (χ3v) is 3.57. The Morgan fingerprint density at radius 2 is 2.10 bits per heavy atom. The van der Waals surface area contributed by atoms with Crippen molar-refractivity contribution in [3.63, 3.8) is 0 Å². The van der Waals surface area contributed by atoms with Gasteiger partial charge in [-0.05, 0) is 12.8 Å². The van der Waals surface area contributed by atoms with Crippen molar-refractivity contribution in [1.82, 2.24) is 15.3 Å². The van der Waals surface area contributed by atoms with E-state index in [2.05, 4.69) is 15.3 Å². The summed E-state index contributed by atoms with van der Waals surface area (Å²) in [6.07, 6.45) is 8.30. The second-order valence-electron chi connectivity index (χ2n) is 5.02. The van der Waals surface area contributed by atoms with Gasteiger partial charge in [0.1, 0.15) is 6.04 Å². The highest BCUT2D eigenvalue weighted by atomic mass is 35.5. The van der Waals surface area contributed by atoms with Gasteiger partial charge in [0.25, 0.3) is 0 Å². The van der Waals surface area contributed by atoms with Crippen LogP contribution in [-0.4, -0.2) is 33.0 Å². The highest BCUT2D eigenvalue weighted by Crippen LogP contribution is 2.23. The summed E-state index contributed by atoms with van der Waals surface area (Å²) < 4.78 is 0. The highest BCUT2D eigenvalue weighted by molar-refractivity contribution is 5.85. The summed E-state index contributed by atoms with van der Waals surface area (Å²) in [7, 11) is 0. The van der Waals surface area contributed by atoms with Gasteiger partial charge in [-0.25, -0.2) is 9.78 Å². The number of hydrogen-bond donors (Lipinski definition) is 3. The van der Waals surface area contributed by atoms with Crippen LogP contribution >= 0.6 is 12.4 Å². The lowest BCUT2D eigenvalue weighted by atomic mass is 9.88. The molecule has 1 heterocycles. The Kier molecular flexibility index (Phi) is 6.51. The topological polar surface area (TPSA) is 95.1 Å². The molecule has 2 rings (SSSR count). The zero-order chi connectivity index (χ0) is 13.7. The monoisotopic (exact) mass is 301 g/mol. The Morgan fingerprint density at radius 1 is 1.40 bits per heavy atom. The lowest BCUT2D eigenvalue weighted by Crippen LogP contribution is -2.45. The molecule has 0 aromatic carbocycles. The van der Waals surface area contributed by atoms with Crippen molar-refractivity contribution in [3.05, 3.63) is 18.2 Å². The van der Waals surface area contributed by atoms with E-state index in [9.17, 15) is 14.7 Å². The summed E-state index contributed by atoms with van der Waals surface area (Å²) in [5.41, 5.74) is 0.705. The van der Waals surface area contributed by atoms with Crippen molar-refractivity contribution in [2.45, 2.75) is 44.6 Å². The van der Waals surface area contributed by atoms with Gasteiger partial charge in [0.2, 0.25) is 5.91 Å². The predicted molar refractivity (Wildman–Crippen MR) is 75.7 cm³/mol. The Morgan fingerprint density at radius 3 is 2.65 bits per heavy atom. The van der Waals surface area contributed by atoms with Gasteiger partial charge in [0.15, 0.2) is 0 Å². The molecule has 1 saturated carbocycles. The van der Waals surface area contributed by atoms with Gasteiger partial charge in [0.05, 0.1) is 6.33 Å². The average Bonchev–Trinajstić information content (AvgIpc) is 2.91. The minimum atomic E-state index is -1.02. The van der Waals surface area contributed by atoms with E-state index in [4.69, 9.17) is 0 Å². The number of amides is 1. The molecule has 0 saturated heterocycles. The zero-order valence-electron chi connectivity index (χ0n) is 11.2. The molecule has 1 fully saturated rings. The third-order valence-electron chi connectivity index (χ3n) is 3.57. The number of nitrogens with zero attached hydrogens (tertiary/aromatic N) is 1. The maximum atomic E-state index is 12.0. The second kappa shape index (κ2) is 7.89. The maximum Gasteiger partial charge on any atom is 0.326 e. The van der Waals surface area contributed by atoms with Crippen LogP contribution in [0.1, 0.15) is 37.8 Å². The smallest absolute Gasteiger partial charge is 0.326 e. The molecule has 1 aliphatic rings. The summed E-state index contributed by atoms with van der Waals surface area (Å²) >= 11 is 0. The first-order chi connectivity index (χ1) is 9.16. The van der Waals surface area contributed by atoms with E-state index >= 15 is 0 Å². The summed E-state index contributed by atoms with van der Waals surface area (Å²) in [4.78, 5) is 29.9. The quantitative estimate of drug-likeness (QED) is 0.768. The SMILES string of the molecule is Cl.O=C(NC(Cc1cnc[nH]1)C(=O)O)C1CCCCC1. The van der Waals surface area contributed by atoms with Crippen LogP contribution in [0, 0.1) is 5.92 Å². The molecule has 1 aromatic rings. The molecule has 20 heavy (non-hydrogen) atoms. The van der Waals surface area contributed by atoms with Gasteiger partial charge in [0, 0.05) is 24.2 Å². The number of halogens is 1. The van der Waals surface area contributed by atoms with Gasteiger partial charge < -0.3 is 15.4 Å². The number of carboxylic acids is 1. The van der Waals surface area contributed by atoms with Crippen molar-refractivity contribution in [1.29, 1.82) is 0 Å². The number of nitrogens with one attached hydrogen (secondary N) is 2. The first kappa shape index (κ1) is 16.5. The maximum absolute atomic E-state index is 12.0. The zero-order valence-corrected chi connectivity index (χ0v) is 12.0. The minimum absolute atomic E-state index is 0. The van der Waals surface area contributed by atoms with Gasteiger partial charge >= 0.3 is 5.97 Å². The molecule has 1 aromatic heterocycles. The van der Waals surface area contributed by atoms with E-state index < -0.39 is 12.0 Å². The van der Waals surface area contributed by atoms with Crippen LogP contribution in [0.3, 0.4) is 0 Å². The van der Waals surface area contributed by atoms with E-state index in [0.717, 1.165) is 25.7 Å². The number of carbonyl (C=O) groups excluding carboxylic acids is 1. The van der Waals surface area contributed by atoms with Gasteiger partial charge in [-0.2, -0.15) is 0 Å². The molecule has 7 heteroatoms. The van der Waals surface area contributed by atoms with E-state index in [1.54, 1.807) is 6.20 Å². The fraction of sp³-hybridized carbons (Fsp3) is 0.615. The van der Waals surface area contributed by atoms with Crippen LogP contribution in [0.5, 0.6) is 0 Å². The molecule has 1 atom stereocenters. The molecule has 0 bridgehead atoms. The normalized spacial score (nSPS) is 17.0. The second-order valence-corrected chi connectivity index (χ2v) is 5.02. The minimum Gasteiger partial charge on any atom is -0.480 e. The van der Waals surface area contributed by atoms with E-state index in [1.807, 2.05) is 0 Å². The molecule has 0 spiro atoms. The van der Waals surface area contributed by atoms with Gasteiger partial charge in [-0.15, -0.1) is 12.4 Å². The molecule has 6 nitrogen and oxygen atoms in total. The van der Waals surface area contributed by atoms with Crippen LogP contribution in [0.15, 0.2) is 12.5 Å². The fourth-order valence-corrected chi connectivity index (χ4v) is 2.47. The van der Waals surface area contributed by atoms with Crippen LogP contribution in [0.4, 0.5) is 0 Å². The molecular formula is C13H20ClN3O3. The van der Waals surface area contributed by atoms with E-state index in [1.165, 1.54) is 12.7 Å². The number of aliphatic carboxylic acids is 1. The van der Waals surface area contributed by atoms with Crippen molar-refractivity contribution in [3.8, 4) is 0 Å². The molecule has 112 valence electrons. The van der Waals surface area contributed by atoms with E-state index in [-0.39, 0.29) is 30.7 Å². The summed E-state index contributed by atoms with van der Waals surface area (Å²) in [5, 5.41) is 11.8. The number of carbonyl (C=O) groups is 2. The van der Waals surface area contributed by atoms with Crippen molar-refractivity contribution in [2.75, 3.05) is 0 Å². The molecule has 0 aliphatic heterocycles. The number of carboxylic acid groups (broad SMARTS) is 1. The largest absolute Gasteiger partial charge is 0.480 e. The third kappa shape index (κ3) is 4.52. The number of H-pyrrole nitrogens is 1. The first-order valence-corrected chi connectivity index (χ1v) is 6.67. The molecule has 1 aliphatic carbocycles. The number of aromatic amines is 1. The van der Waals surface area contributed by atoms with Crippen LogP contribution in [0.25, 0.3) is 0 Å². The Balaban J connectivity index is 0.00000200. The fourth-order valence-electron chi connectivity index (χ4n) is 2.47. The summed E-state index contributed by atoms with van der Waals surface area (Å²) in [6.45, 7) is 0. The first-order valence-electron chi connectivity index (χ1n) is 6.67. The molecule has 1 amide bonds. The molecular weight excluding hydrogens is 282 g/mol. The van der Waals surface area contributed by atoms with Crippen molar-refractivity contribution < 1.29 is 14.7 Å². The van der Waals surface area contributed by atoms with Crippen molar-refractivity contribution >= 4 is 24.3 Å². The van der Waals surface area contributed by atoms with Crippen LogP contribution in [-0.2, 0) is 16.0 Å². The van der Waals surface area contributed by atoms with Gasteiger partial charge in [-0.3, -0.25) is 4.79 Å². The molecule has 1 unspecified atom stereocenters. The lowest BCUT2D eigenvalue weighted by Gasteiger charge is -2.23.